The van der Waals surface area contributed by atoms with E-state index >= 15 is 0 Å². The molecule has 0 aromatic heterocycles. The van der Waals surface area contributed by atoms with Crippen LogP contribution in [0.4, 0.5) is 0 Å². The van der Waals surface area contributed by atoms with Crippen LogP contribution in [0.5, 0.6) is 0 Å². The Morgan fingerprint density at radius 2 is 2.06 bits per heavy atom. The number of aliphatic hydroxyl groups excluding tert-OH is 1. The van der Waals surface area contributed by atoms with E-state index < -0.39 is 0 Å². The Hall–Kier alpha value is 0.320. The molecule has 0 spiro atoms. The van der Waals surface area contributed by atoms with E-state index in [4.69, 9.17) is 14.6 Å². The van der Waals surface area contributed by atoms with Gasteiger partial charge in [-0.15, -0.1) is 0 Å². The number of alkyl halides is 1. The average molecular weight is 324 g/mol. The summed E-state index contributed by atoms with van der Waals surface area (Å²) in [4.78, 5) is 2.43. The second kappa shape index (κ2) is 9.26. The van der Waals surface area contributed by atoms with Crippen LogP contribution in [0.25, 0.3) is 0 Å². The Kier molecular flexibility index (Phi) is 8.42. The molecule has 1 N–H and O–H groups in total. The molecule has 0 aromatic rings. The van der Waals surface area contributed by atoms with E-state index in [1.807, 2.05) is 0 Å². The van der Waals surface area contributed by atoms with Gasteiger partial charge >= 0.3 is 0 Å². The molecule has 5 heteroatoms. The highest BCUT2D eigenvalue weighted by atomic mass is 79.9. The minimum Gasteiger partial charge on any atom is -0.394 e. The van der Waals surface area contributed by atoms with Crippen LogP contribution in [-0.2, 0) is 9.47 Å². The number of ether oxygens (including phenoxy) is 2. The highest BCUT2D eigenvalue weighted by Gasteiger charge is 2.33. The van der Waals surface area contributed by atoms with E-state index in [9.17, 15) is 0 Å². The third kappa shape index (κ3) is 5.53. The van der Waals surface area contributed by atoms with Crippen LogP contribution in [0.2, 0.25) is 0 Å². The summed E-state index contributed by atoms with van der Waals surface area (Å²) in [5.74, 6) is 0. The van der Waals surface area contributed by atoms with Crippen LogP contribution < -0.4 is 0 Å². The van der Waals surface area contributed by atoms with Crippen molar-refractivity contribution >= 4 is 15.9 Å². The zero-order chi connectivity index (χ0) is 13.3. The smallest absolute Gasteiger partial charge is 0.0698 e. The molecule has 0 bridgehead atoms. The molecule has 1 fully saturated rings. The summed E-state index contributed by atoms with van der Waals surface area (Å²) in [7, 11) is 0. The zero-order valence-electron chi connectivity index (χ0n) is 11.4. The van der Waals surface area contributed by atoms with Crippen LogP contribution in [0.15, 0.2) is 0 Å². The van der Waals surface area contributed by atoms with Crippen LogP contribution in [-0.4, -0.2) is 68.0 Å². The Bertz CT molecular complexity index is 210. The molecule has 108 valence electrons. The minimum absolute atomic E-state index is 0.106. The lowest BCUT2D eigenvalue weighted by molar-refractivity contribution is 0.00234. The summed E-state index contributed by atoms with van der Waals surface area (Å²) in [5, 5.41) is 9.71. The second-order valence-electron chi connectivity index (χ2n) is 4.95. The van der Waals surface area contributed by atoms with Gasteiger partial charge in [-0.1, -0.05) is 22.9 Å². The van der Waals surface area contributed by atoms with Crippen molar-refractivity contribution in [2.45, 2.75) is 19.8 Å². The summed E-state index contributed by atoms with van der Waals surface area (Å²) in [5.41, 5.74) is 0.352. The van der Waals surface area contributed by atoms with Crippen molar-refractivity contribution < 1.29 is 14.6 Å². The SMILES string of the molecule is CCN(CCOCCO)CC1(CBr)CCOCC1. The largest absolute Gasteiger partial charge is 0.394 e. The summed E-state index contributed by atoms with van der Waals surface area (Å²) >= 11 is 3.67. The van der Waals surface area contributed by atoms with E-state index in [-0.39, 0.29) is 6.61 Å². The normalized spacial score (nSPS) is 19.3. The topological polar surface area (TPSA) is 41.9 Å². The average Bonchev–Trinajstić information content (AvgIpc) is 2.43. The molecule has 1 heterocycles. The lowest BCUT2D eigenvalue weighted by atomic mass is 9.82. The van der Waals surface area contributed by atoms with Gasteiger partial charge in [0.25, 0.3) is 0 Å². The molecule has 0 radical (unpaired) electrons. The molecule has 1 aliphatic heterocycles. The standard InChI is InChI=1S/C13H26BrNO3/c1-2-15(5-9-18-10-6-16)12-13(11-14)3-7-17-8-4-13/h16H,2-12H2,1H3. The number of likely N-dealkylation sites (N-methyl/N-ethyl adjacent to an activating group) is 1. The molecule has 1 rings (SSSR count). The fraction of sp³-hybridized carbons (Fsp3) is 1.00. The lowest BCUT2D eigenvalue weighted by Gasteiger charge is -2.39. The van der Waals surface area contributed by atoms with Gasteiger partial charge in [-0.05, 0) is 24.8 Å². The van der Waals surface area contributed by atoms with Gasteiger partial charge < -0.3 is 19.5 Å². The molecule has 0 aliphatic carbocycles. The zero-order valence-corrected chi connectivity index (χ0v) is 13.0. The summed E-state index contributed by atoms with van der Waals surface area (Å²) < 4.78 is 10.8. The molecule has 1 aliphatic rings. The Labute approximate surface area is 119 Å². The first-order chi connectivity index (χ1) is 8.76. The number of hydrogen-bond acceptors (Lipinski definition) is 4. The number of hydrogen-bond donors (Lipinski definition) is 1. The van der Waals surface area contributed by atoms with Crippen molar-refractivity contribution in [2.24, 2.45) is 5.41 Å². The van der Waals surface area contributed by atoms with Crippen molar-refractivity contribution in [3.63, 3.8) is 0 Å². The van der Waals surface area contributed by atoms with Crippen molar-refractivity contribution in [1.82, 2.24) is 4.90 Å². The molecule has 0 saturated carbocycles. The van der Waals surface area contributed by atoms with E-state index in [0.717, 1.165) is 51.0 Å². The van der Waals surface area contributed by atoms with Gasteiger partial charge in [-0.2, -0.15) is 0 Å². The lowest BCUT2D eigenvalue weighted by Crippen LogP contribution is -2.43. The van der Waals surface area contributed by atoms with Gasteiger partial charge in [-0.3, -0.25) is 0 Å². The first-order valence-corrected chi connectivity index (χ1v) is 7.93. The molecule has 18 heavy (non-hydrogen) atoms. The number of nitrogens with zero attached hydrogens (tertiary/aromatic N) is 1. The van der Waals surface area contributed by atoms with E-state index in [2.05, 4.69) is 27.8 Å². The van der Waals surface area contributed by atoms with Crippen molar-refractivity contribution in [2.75, 3.05) is 58.0 Å². The fourth-order valence-corrected chi connectivity index (χ4v) is 3.06. The van der Waals surface area contributed by atoms with E-state index in [1.54, 1.807) is 0 Å². The Balaban J connectivity index is 2.34. The van der Waals surface area contributed by atoms with Gasteiger partial charge in [0.2, 0.25) is 0 Å². The van der Waals surface area contributed by atoms with Gasteiger partial charge in [0.05, 0.1) is 19.8 Å². The minimum atomic E-state index is 0.106. The molecule has 0 unspecified atom stereocenters. The maximum atomic E-state index is 8.67. The monoisotopic (exact) mass is 323 g/mol. The third-order valence-corrected chi connectivity index (χ3v) is 4.82. The second-order valence-corrected chi connectivity index (χ2v) is 5.51. The molecule has 0 aromatic carbocycles. The van der Waals surface area contributed by atoms with E-state index in [1.165, 1.54) is 0 Å². The van der Waals surface area contributed by atoms with Crippen molar-refractivity contribution in [1.29, 1.82) is 0 Å². The van der Waals surface area contributed by atoms with Crippen LogP contribution >= 0.6 is 15.9 Å². The van der Waals surface area contributed by atoms with Crippen LogP contribution in [0.1, 0.15) is 19.8 Å². The Morgan fingerprint density at radius 1 is 1.33 bits per heavy atom. The number of halogens is 1. The third-order valence-electron chi connectivity index (χ3n) is 3.63. The number of aliphatic hydroxyl groups is 1. The first kappa shape index (κ1) is 16.4. The van der Waals surface area contributed by atoms with Gasteiger partial charge in [-0.25, -0.2) is 0 Å². The predicted octanol–water partition coefficient (Wildman–Crippen LogP) is 1.51. The molecular formula is C13H26BrNO3. The maximum Gasteiger partial charge on any atom is 0.0698 e. The summed E-state index contributed by atoms with van der Waals surface area (Å²) in [6.45, 7) is 8.26. The van der Waals surface area contributed by atoms with Gasteiger partial charge in [0, 0.05) is 31.6 Å². The Morgan fingerprint density at radius 3 is 2.61 bits per heavy atom. The maximum absolute atomic E-state index is 8.67. The summed E-state index contributed by atoms with van der Waals surface area (Å²) in [6, 6.07) is 0. The molecule has 0 atom stereocenters. The molecular weight excluding hydrogens is 298 g/mol. The molecule has 4 nitrogen and oxygen atoms in total. The van der Waals surface area contributed by atoms with Crippen LogP contribution in [0.3, 0.4) is 0 Å². The highest BCUT2D eigenvalue weighted by Crippen LogP contribution is 2.33. The fourth-order valence-electron chi connectivity index (χ4n) is 2.32. The van der Waals surface area contributed by atoms with Crippen LogP contribution in [0, 0.1) is 5.41 Å². The molecule has 0 amide bonds. The van der Waals surface area contributed by atoms with Crippen molar-refractivity contribution in [3.05, 3.63) is 0 Å². The van der Waals surface area contributed by atoms with E-state index in [0.29, 0.717) is 18.6 Å². The van der Waals surface area contributed by atoms with Gasteiger partial charge in [0.1, 0.15) is 0 Å². The predicted molar refractivity (Wildman–Crippen MR) is 76.3 cm³/mol. The first-order valence-electron chi connectivity index (χ1n) is 6.81. The number of rotatable bonds is 9. The van der Waals surface area contributed by atoms with Crippen molar-refractivity contribution in [3.8, 4) is 0 Å². The summed E-state index contributed by atoms with van der Waals surface area (Å²) in [6.07, 6.45) is 2.26. The quantitative estimate of drug-likeness (QED) is 0.516. The highest BCUT2D eigenvalue weighted by molar-refractivity contribution is 9.09. The molecule has 1 saturated heterocycles. The van der Waals surface area contributed by atoms with Gasteiger partial charge in [0.15, 0.2) is 0 Å².